The van der Waals surface area contributed by atoms with Gasteiger partial charge in [-0.2, -0.15) is 0 Å². The van der Waals surface area contributed by atoms with Crippen LogP contribution in [0.5, 0.6) is 0 Å². The van der Waals surface area contributed by atoms with Crippen LogP contribution in [0, 0.1) is 0 Å². The lowest BCUT2D eigenvalue weighted by atomic mass is 10.1. The lowest BCUT2D eigenvalue weighted by Gasteiger charge is -2.30. The van der Waals surface area contributed by atoms with Gasteiger partial charge in [0.05, 0.1) is 13.2 Å². The van der Waals surface area contributed by atoms with E-state index in [1.807, 2.05) is 6.07 Å². The SMILES string of the molecule is O=c1ccc2c(CN3CCOCC3)cc(N3CCNCC3)nc2[nH]1. The van der Waals surface area contributed by atoms with Gasteiger partial charge in [-0.05, 0) is 17.7 Å². The zero-order valence-electron chi connectivity index (χ0n) is 13.8. The zero-order chi connectivity index (χ0) is 16.4. The third-order valence-corrected chi connectivity index (χ3v) is 4.71. The number of morpholine rings is 1. The Labute approximate surface area is 140 Å². The molecule has 2 aromatic rings. The van der Waals surface area contributed by atoms with Crippen LogP contribution in [-0.2, 0) is 11.3 Å². The van der Waals surface area contributed by atoms with E-state index in [4.69, 9.17) is 9.72 Å². The third-order valence-electron chi connectivity index (χ3n) is 4.71. The molecule has 0 aromatic carbocycles. The first kappa shape index (κ1) is 15.6. The third kappa shape index (κ3) is 3.28. The number of pyridine rings is 2. The lowest BCUT2D eigenvalue weighted by Crippen LogP contribution is -2.44. The maximum Gasteiger partial charge on any atom is 0.249 e. The van der Waals surface area contributed by atoms with E-state index in [1.165, 1.54) is 5.56 Å². The summed E-state index contributed by atoms with van der Waals surface area (Å²) in [6, 6.07) is 5.65. The number of ether oxygens (including phenoxy) is 1. The average molecular weight is 329 g/mol. The Bertz CT molecular complexity index is 763. The van der Waals surface area contributed by atoms with E-state index in [2.05, 4.69) is 26.2 Å². The molecule has 0 aliphatic carbocycles. The molecule has 2 N–H and O–H groups in total. The summed E-state index contributed by atoms with van der Waals surface area (Å²) in [5.74, 6) is 0.953. The molecule has 0 atom stereocenters. The second-order valence-corrected chi connectivity index (χ2v) is 6.35. The second kappa shape index (κ2) is 6.88. The molecule has 0 spiro atoms. The molecule has 128 valence electrons. The summed E-state index contributed by atoms with van der Waals surface area (Å²) in [6.45, 7) is 8.10. The molecule has 24 heavy (non-hydrogen) atoms. The number of nitrogens with one attached hydrogen (secondary N) is 2. The molecule has 2 aromatic heterocycles. The predicted molar refractivity (Wildman–Crippen MR) is 93.5 cm³/mol. The van der Waals surface area contributed by atoms with E-state index in [-0.39, 0.29) is 5.56 Å². The number of H-pyrrole nitrogens is 1. The number of rotatable bonds is 3. The molecule has 0 unspecified atom stereocenters. The molecule has 4 rings (SSSR count). The number of fused-ring (bicyclic) bond motifs is 1. The summed E-state index contributed by atoms with van der Waals surface area (Å²) in [7, 11) is 0. The molecule has 0 saturated carbocycles. The van der Waals surface area contributed by atoms with Crippen LogP contribution in [-0.4, -0.2) is 67.4 Å². The highest BCUT2D eigenvalue weighted by molar-refractivity contribution is 5.80. The normalized spacial score (nSPS) is 19.8. The Hall–Kier alpha value is -1.96. The van der Waals surface area contributed by atoms with Crippen LogP contribution in [0.25, 0.3) is 11.0 Å². The van der Waals surface area contributed by atoms with E-state index in [0.717, 1.165) is 70.2 Å². The molecular weight excluding hydrogens is 306 g/mol. The van der Waals surface area contributed by atoms with Gasteiger partial charge >= 0.3 is 0 Å². The Morgan fingerprint density at radius 3 is 2.71 bits per heavy atom. The molecule has 2 saturated heterocycles. The Morgan fingerprint density at radius 1 is 1.12 bits per heavy atom. The average Bonchev–Trinajstić information content (AvgIpc) is 2.63. The standard InChI is InChI=1S/C17H23N5O2/c23-16-2-1-14-13(12-21-7-9-24-10-8-21)11-15(19-17(14)20-16)22-5-3-18-4-6-22/h1-2,11,18H,3-10,12H2,(H,19,20,23). The van der Waals surface area contributed by atoms with Gasteiger partial charge in [-0.3, -0.25) is 9.69 Å². The van der Waals surface area contributed by atoms with Gasteiger partial charge in [0.1, 0.15) is 11.5 Å². The first-order valence-electron chi connectivity index (χ1n) is 8.58. The fourth-order valence-electron chi connectivity index (χ4n) is 3.38. The summed E-state index contributed by atoms with van der Waals surface area (Å²) in [5, 5.41) is 4.39. The molecule has 2 fully saturated rings. The van der Waals surface area contributed by atoms with Crippen molar-refractivity contribution in [1.82, 2.24) is 20.2 Å². The van der Waals surface area contributed by atoms with Crippen molar-refractivity contribution in [2.45, 2.75) is 6.54 Å². The number of hydrogen-bond donors (Lipinski definition) is 2. The zero-order valence-corrected chi connectivity index (χ0v) is 13.8. The van der Waals surface area contributed by atoms with Crippen molar-refractivity contribution in [3.05, 3.63) is 34.1 Å². The monoisotopic (exact) mass is 329 g/mol. The van der Waals surface area contributed by atoms with E-state index in [0.29, 0.717) is 5.65 Å². The largest absolute Gasteiger partial charge is 0.379 e. The quantitative estimate of drug-likeness (QED) is 0.836. The van der Waals surface area contributed by atoms with Crippen LogP contribution < -0.4 is 15.8 Å². The Morgan fingerprint density at radius 2 is 1.92 bits per heavy atom. The Kier molecular flexibility index (Phi) is 4.46. The van der Waals surface area contributed by atoms with E-state index in [1.54, 1.807) is 6.07 Å². The van der Waals surface area contributed by atoms with Crippen LogP contribution in [0.4, 0.5) is 5.82 Å². The highest BCUT2D eigenvalue weighted by atomic mass is 16.5. The van der Waals surface area contributed by atoms with Gasteiger partial charge in [0.2, 0.25) is 5.56 Å². The number of aromatic amines is 1. The number of hydrogen-bond acceptors (Lipinski definition) is 6. The van der Waals surface area contributed by atoms with Crippen LogP contribution in [0.1, 0.15) is 5.56 Å². The second-order valence-electron chi connectivity index (χ2n) is 6.35. The minimum absolute atomic E-state index is 0.107. The highest BCUT2D eigenvalue weighted by Crippen LogP contribution is 2.23. The molecular formula is C17H23N5O2. The van der Waals surface area contributed by atoms with Crippen LogP contribution in [0.3, 0.4) is 0 Å². The molecule has 7 heteroatoms. The van der Waals surface area contributed by atoms with Crippen molar-refractivity contribution in [3.63, 3.8) is 0 Å². The molecule has 4 heterocycles. The van der Waals surface area contributed by atoms with Gasteiger partial charge in [-0.1, -0.05) is 0 Å². The molecule has 0 radical (unpaired) electrons. The van der Waals surface area contributed by atoms with E-state index < -0.39 is 0 Å². The fraction of sp³-hybridized carbons (Fsp3) is 0.529. The Balaban J connectivity index is 1.72. The molecule has 0 bridgehead atoms. The first-order chi connectivity index (χ1) is 11.8. The topological polar surface area (TPSA) is 73.5 Å². The number of anilines is 1. The van der Waals surface area contributed by atoms with Gasteiger partial charge < -0.3 is 19.9 Å². The number of nitrogens with zero attached hydrogens (tertiary/aromatic N) is 3. The van der Waals surface area contributed by atoms with Gasteiger partial charge in [0.25, 0.3) is 0 Å². The summed E-state index contributed by atoms with van der Waals surface area (Å²) < 4.78 is 5.44. The maximum absolute atomic E-state index is 11.7. The minimum atomic E-state index is -0.107. The van der Waals surface area contributed by atoms with Gasteiger partial charge in [-0.15, -0.1) is 0 Å². The predicted octanol–water partition coefficient (Wildman–Crippen LogP) is 0.165. The summed E-state index contributed by atoms with van der Waals surface area (Å²) in [5.41, 5.74) is 1.79. The smallest absolute Gasteiger partial charge is 0.249 e. The summed E-state index contributed by atoms with van der Waals surface area (Å²) in [4.78, 5) is 24.0. The highest BCUT2D eigenvalue weighted by Gasteiger charge is 2.17. The van der Waals surface area contributed by atoms with E-state index in [9.17, 15) is 4.79 Å². The summed E-state index contributed by atoms with van der Waals surface area (Å²) in [6.07, 6.45) is 0. The molecule has 2 aliphatic heterocycles. The van der Waals surface area contributed by atoms with Crippen molar-refractivity contribution in [2.75, 3.05) is 57.4 Å². The van der Waals surface area contributed by atoms with Crippen LogP contribution >= 0.6 is 0 Å². The van der Waals surface area contributed by atoms with Crippen molar-refractivity contribution in [2.24, 2.45) is 0 Å². The lowest BCUT2D eigenvalue weighted by molar-refractivity contribution is 0.0343. The first-order valence-corrected chi connectivity index (χ1v) is 8.58. The van der Waals surface area contributed by atoms with Crippen molar-refractivity contribution < 1.29 is 4.74 Å². The number of aromatic nitrogens is 2. The minimum Gasteiger partial charge on any atom is -0.379 e. The van der Waals surface area contributed by atoms with Crippen molar-refractivity contribution in [3.8, 4) is 0 Å². The maximum atomic E-state index is 11.7. The molecule has 7 nitrogen and oxygen atoms in total. The molecule has 2 aliphatic rings. The van der Waals surface area contributed by atoms with Crippen molar-refractivity contribution >= 4 is 16.9 Å². The van der Waals surface area contributed by atoms with Crippen LogP contribution in [0.15, 0.2) is 23.0 Å². The van der Waals surface area contributed by atoms with Gasteiger partial charge in [-0.25, -0.2) is 4.98 Å². The fourth-order valence-corrected chi connectivity index (χ4v) is 3.38. The number of piperazine rings is 1. The van der Waals surface area contributed by atoms with Gasteiger partial charge in [0, 0.05) is 57.3 Å². The van der Waals surface area contributed by atoms with Crippen molar-refractivity contribution in [1.29, 1.82) is 0 Å². The van der Waals surface area contributed by atoms with Gasteiger partial charge in [0.15, 0.2) is 0 Å². The van der Waals surface area contributed by atoms with E-state index >= 15 is 0 Å². The summed E-state index contributed by atoms with van der Waals surface area (Å²) >= 11 is 0. The van der Waals surface area contributed by atoms with Crippen LogP contribution in [0.2, 0.25) is 0 Å². The molecule has 0 amide bonds.